The van der Waals surface area contributed by atoms with Crippen molar-refractivity contribution in [3.05, 3.63) is 47.8 Å². The highest BCUT2D eigenvalue weighted by Gasteiger charge is 2.24. The molecular weight excluding hydrogens is 468 g/mol. The van der Waals surface area contributed by atoms with E-state index in [4.69, 9.17) is 0 Å². The summed E-state index contributed by atoms with van der Waals surface area (Å²) in [7, 11) is -3.28. The molecule has 1 saturated heterocycles. The van der Waals surface area contributed by atoms with Gasteiger partial charge in [-0.3, -0.25) is 9.59 Å². The van der Waals surface area contributed by atoms with Gasteiger partial charge in [-0.25, -0.2) is 18.1 Å². The zero-order chi connectivity index (χ0) is 25.2. The Morgan fingerprint density at radius 1 is 1.11 bits per heavy atom. The normalized spacial score (nSPS) is 14.8. The molecule has 0 saturated carbocycles. The summed E-state index contributed by atoms with van der Waals surface area (Å²) in [5, 5.41) is 11.6. The summed E-state index contributed by atoms with van der Waals surface area (Å²) in [6.07, 6.45) is 6.00. The second-order valence-corrected chi connectivity index (χ2v) is 10.8. The molecule has 0 atom stereocenters. The van der Waals surface area contributed by atoms with Crippen LogP contribution in [0.25, 0.3) is 11.0 Å². The van der Waals surface area contributed by atoms with Crippen molar-refractivity contribution in [2.75, 3.05) is 24.7 Å². The molecule has 0 unspecified atom stereocenters. The summed E-state index contributed by atoms with van der Waals surface area (Å²) in [6, 6.07) is 6.54. The molecule has 2 N–H and O–H groups in total. The quantitative estimate of drug-likeness (QED) is 0.511. The lowest BCUT2D eigenvalue weighted by Gasteiger charge is -2.32. The van der Waals surface area contributed by atoms with Crippen molar-refractivity contribution in [2.24, 2.45) is 0 Å². The highest BCUT2D eigenvalue weighted by Crippen LogP contribution is 2.28. The molecule has 3 aromatic rings. The van der Waals surface area contributed by atoms with Crippen LogP contribution in [0.1, 0.15) is 42.6 Å². The first-order valence-electron chi connectivity index (χ1n) is 11.6. The largest absolute Gasteiger partial charge is 0.381 e. The van der Waals surface area contributed by atoms with Crippen LogP contribution in [0.2, 0.25) is 0 Å². The molecule has 35 heavy (non-hydrogen) atoms. The van der Waals surface area contributed by atoms with E-state index in [1.807, 2.05) is 11.8 Å². The van der Waals surface area contributed by atoms with Crippen LogP contribution in [-0.4, -0.2) is 65.3 Å². The lowest BCUT2D eigenvalue weighted by molar-refractivity contribution is -0.129. The standard InChI is InChI=1S/C24H30N6O4S/c1-4-30-23-20(15-27-30)22(28-18-9-11-29(12-10-18)16(2)31)21(14-25-23)24(32)26-13-17-5-7-19(8-6-17)35(3,33)34/h5-8,14-15,18H,4,9-13H2,1-3H3,(H,25,28)(H,26,32). The van der Waals surface area contributed by atoms with E-state index in [-0.39, 0.29) is 29.3 Å². The topological polar surface area (TPSA) is 126 Å². The molecule has 1 aromatic carbocycles. The number of nitrogens with zero attached hydrogens (tertiary/aromatic N) is 4. The van der Waals surface area contributed by atoms with Gasteiger partial charge in [-0.15, -0.1) is 0 Å². The minimum Gasteiger partial charge on any atom is -0.381 e. The lowest BCUT2D eigenvalue weighted by atomic mass is 10.0. The average molecular weight is 499 g/mol. The number of likely N-dealkylation sites (tertiary alicyclic amines) is 1. The summed E-state index contributed by atoms with van der Waals surface area (Å²) < 4.78 is 25.1. The Balaban J connectivity index is 1.55. The third kappa shape index (κ3) is 5.45. The highest BCUT2D eigenvalue weighted by atomic mass is 32.2. The van der Waals surface area contributed by atoms with Gasteiger partial charge >= 0.3 is 0 Å². The van der Waals surface area contributed by atoms with Crippen molar-refractivity contribution in [1.82, 2.24) is 25.0 Å². The molecule has 186 valence electrons. The molecule has 10 nitrogen and oxygen atoms in total. The number of sulfone groups is 1. The SMILES string of the molecule is CCn1ncc2c(NC3CCN(C(C)=O)CC3)c(C(=O)NCc3ccc(S(C)(=O)=O)cc3)cnc21. The fraction of sp³-hybridized carbons (Fsp3) is 0.417. The zero-order valence-corrected chi connectivity index (χ0v) is 20.9. The van der Waals surface area contributed by atoms with Crippen molar-refractivity contribution in [3.8, 4) is 0 Å². The second-order valence-electron chi connectivity index (χ2n) is 8.77. The number of rotatable bonds is 7. The number of pyridine rings is 1. The fourth-order valence-corrected chi connectivity index (χ4v) is 4.89. The predicted molar refractivity (Wildman–Crippen MR) is 133 cm³/mol. The fourth-order valence-electron chi connectivity index (χ4n) is 4.26. The first-order valence-corrected chi connectivity index (χ1v) is 13.5. The van der Waals surface area contributed by atoms with Crippen LogP contribution >= 0.6 is 0 Å². The smallest absolute Gasteiger partial charge is 0.255 e. The first kappa shape index (κ1) is 24.6. The number of aromatic nitrogens is 3. The molecule has 0 aliphatic carbocycles. The van der Waals surface area contributed by atoms with Crippen molar-refractivity contribution in [1.29, 1.82) is 0 Å². The van der Waals surface area contributed by atoms with E-state index in [1.54, 1.807) is 36.1 Å². The molecule has 0 radical (unpaired) electrons. The first-order chi connectivity index (χ1) is 16.7. The maximum atomic E-state index is 13.2. The molecule has 0 spiro atoms. The summed E-state index contributed by atoms with van der Waals surface area (Å²) in [5.41, 5.74) is 2.57. The van der Waals surface area contributed by atoms with Gasteiger partial charge in [0.25, 0.3) is 5.91 Å². The van der Waals surface area contributed by atoms with Crippen LogP contribution < -0.4 is 10.6 Å². The summed E-state index contributed by atoms with van der Waals surface area (Å²) >= 11 is 0. The molecule has 3 heterocycles. The van der Waals surface area contributed by atoms with E-state index in [0.717, 1.165) is 30.0 Å². The Kier molecular flexibility index (Phi) is 7.06. The lowest BCUT2D eigenvalue weighted by Crippen LogP contribution is -2.41. The zero-order valence-electron chi connectivity index (χ0n) is 20.1. The minimum absolute atomic E-state index is 0.0728. The number of hydrogen-bond acceptors (Lipinski definition) is 7. The number of nitrogens with one attached hydrogen (secondary N) is 2. The Bertz CT molecular complexity index is 1340. The van der Waals surface area contributed by atoms with Crippen molar-refractivity contribution in [2.45, 2.75) is 50.7 Å². The molecule has 1 fully saturated rings. The predicted octanol–water partition coefficient (Wildman–Crippen LogP) is 2.21. The second kappa shape index (κ2) is 10.0. The molecule has 11 heteroatoms. The monoisotopic (exact) mass is 498 g/mol. The number of benzene rings is 1. The van der Waals surface area contributed by atoms with Crippen LogP contribution in [-0.2, 0) is 27.7 Å². The van der Waals surface area contributed by atoms with Gasteiger partial charge < -0.3 is 15.5 Å². The number of hydrogen-bond donors (Lipinski definition) is 2. The van der Waals surface area contributed by atoms with Gasteiger partial charge in [0.15, 0.2) is 15.5 Å². The highest BCUT2D eigenvalue weighted by molar-refractivity contribution is 7.90. The third-order valence-corrected chi connectivity index (χ3v) is 7.43. The number of piperidine rings is 1. The molecule has 1 aliphatic heterocycles. The number of anilines is 1. The molecule has 1 aliphatic rings. The van der Waals surface area contributed by atoms with E-state index in [0.29, 0.717) is 36.5 Å². The summed E-state index contributed by atoms with van der Waals surface area (Å²) in [5.74, 6) is -0.219. The Morgan fingerprint density at radius 2 is 1.80 bits per heavy atom. The van der Waals surface area contributed by atoms with E-state index in [2.05, 4.69) is 20.7 Å². The van der Waals surface area contributed by atoms with Crippen LogP contribution in [0, 0.1) is 0 Å². The molecule has 2 aromatic heterocycles. The average Bonchev–Trinajstić information content (AvgIpc) is 3.26. The van der Waals surface area contributed by atoms with E-state index < -0.39 is 9.84 Å². The Labute approximate surface area is 204 Å². The minimum atomic E-state index is -3.28. The summed E-state index contributed by atoms with van der Waals surface area (Å²) in [6.45, 7) is 5.79. The number of carbonyl (C=O) groups excluding carboxylic acids is 2. The third-order valence-electron chi connectivity index (χ3n) is 6.30. The Hall–Kier alpha value is -3.47. The molecule has 4 rings (SSSR count). The molecule has 2 amide bonds. The van der Waals surface area contributed by atoms with E-state index in [9.17, 15) is 18.0 Å². The van der Waals surface area contributed by atoms with E-state index >= 15 is 0 Å². The number of amides is 2. The maximum absolute atomic E-state index is 13.2. The molecular formula is C24H30N6O4S. The maximum Gasteiger partial charge on any atom is 0.255 e. The van der Waals surface area contributed by atoms with Gasteiger partial charge in [0, 0.05) is 51.6 Å². The van der Waals surface area contributed by atoms with Gasteiger partial charge in [0.05, 0.1) is 27.7 Å². The van der Waals surface area contributed by atoms with Crippen molar-refractivity contribution < 1.29 is 18.0 Å². The van der Waals surface area contributed by atoms with Crippen LogP contribution in [0.4, 0.5) is 5.69 Å². The molecule has 0 bridgehead atoms. The number of aryl methyl sites for hydroxylation is 1. The van der Waals surface area contributed by atoms with Crippen molar-refractivity contribution >= 4 is 38.4 Å². The van der Waals surface area contributed by atoms with Gasteiger partial charge in [-0.1, -0.05) is 12.1 Å². The number of carbonyl (C=O) groups is 2. The van der Waals surface area contributed by atoms with Crippen LogP contribution in [0.15, 0.2) is 41.6 Å². The van der Waals surface area contributed by atoms with Gasteiger partial charge in [-0.2, -0.15) is 5.10 Å². The van der Waals surface area contributed by atoms with Gasteiger partial charge in [0.1, 0.15) is 0 Å². The van der Waals surface area contributed by atoms with Crippen molar-refractivity contribution in [3.63, 3.8) is 0 Å². The Morgan fingerprint density at radius 3 is 2.40 bits per heavy atom. The van der Waals surface area contributed by atoms with Gasteiger partial charge in [0.2, 0.25) is 5.91 Å². The van der Waals surface area contributed by atoms with Gasteiger partial charge in [-0.05, 0) is 37.5 Å². The number of fused-ring (bicyclic) bond motifs is 1. The van der Waals surface area contributed by atoms with E-state index in [1.165, 1.54) is 12.1 Å². The van der Waals surface area contributed by atoms with Crippen LogP contribution in [0.3, 0.4) is 0 Å². The van der Waals surface area contributed by atoms with Crippen LogP contribution in [0.5, 0.6) is 0 Å². The summed E-state index contributed by atoms with van der Waals surface area (Å²) in [4.78, 5) is 31.4.